The molecule has 3 N–H and O–H groups in total. The highest BCUT2D eigenvalue weighted by Crippen LogP contribution is 2.05. The zero-order valence-corrected chi connectivity index (χ0v) is 7.09. The maximum Gasteiger partial charge on any atom is 0.0753 e. The van der Waals surface area contributed by atoms with Gasteiger partial charge in [0, 0.05) is 13.1 Å². The van der Waals surface area contributed by atoms with Crippen molar-refractivity contribution in [1.82, 2.24) is 4.90 Å². The summed E-state index contributed by atoms with van der Waals surface area (Å²) in [4.78, 5) is 2.03. The van der Waals surface area contributed by atoms with Gasteiger partial charge in [0.25, 0.3) is 0 Å². The summed E-state index contributed by atoms with van der Waals surface area (Å²) in [6.45, 7) is 2.97. The molecule has 0 fully saturated rings. The number of nitrogens with two attached hydrogens (primary N) is 1. The first-order chi connectivity index (χ1) is 4.48. The summed E-state index contributed by atoms with van der Waals surface area (Å²) in [5, 5.41) is 9.42. The molecule has 0 bridgehead atoms. The first-order valence-corrected chi connectivity index (χ1v) is 3.55. The summed E-state index contributed by atoms with van der Waals surface area (Å²) in [5.74, 6) is 0. The quantitative estimate of drug-likeness (QED) is 0.570. The molecule has 0 aromatic rings. The highest BCUT2D eigenvalue weighted by molar-refractivity contribution is 4.73. The fourth-order valence-corrected chi connectivity index (χ4v) is 0.567. The van der Waals surface area contributed by atoms with Crippen LogP contribution >= 0.6 is 0 Å². The molecular formula is C7H18N2O. The molecule has 3 nitrogen and oxygen atoms in total. The Kier molecular flexibility index (Phi) is 3.86. The summed E-state index contributed by atoms with van der Waals surface area (Å²) in [6.07, 6.45) is 0.733. The molecule has 0 heterocycles. The summed E-state index contributed by atoms with van der Waals surface area (Å²) >= 11 is 0. The molecule has 62 valence electrons. The third-order valence-electron chi connectivity index (χ3n) is 1.54. The van der Waals surface area contributed by atoms with E-state index in [1.165, 1.54) is 0 Å². The predicted octanol–water partition coefficient (Wildman–Crippen LogP) is -0.352. The minimum atomic E-state index is -0.690. The second-order valence-electron chi connectivity index (χ2n) is 3.25. The van der Waals surface area contributed by atoms with Gasteiger partial charge in [-0.2, -0.15) is 0 Å². The minimum Gasteiger partial charge on any atom is -0.389 e. The van der Waals surface area contributed by atoms with Crippen LogP contribution in [0.25, 0.3) is 0 Å². The molecule has 0 radical (unpaired) electrons. The van der Waals surface area contributed by atoms with Crippen LogP contribution in [0.4, 0.5) is 0 Å². The van der Waals surface area contributed by atoms with Crippen LogP contribution in [0.5, 0.6) is 0 Å². The molecule has 0 saturated carbocycles. The molecule has 0 aliphatic carbocycles. The normalized spacial score (nSPS) is 17.4. The van der Waals surface area contributed by atoms with Crippen molar-refractivity contribution < 1.29 is 5.11 Å². The van der Waals surface area contributed by atoms with E-state index in [0.29, 0.717) is 6.54 Å². The van der Waals surface area contributed by atoms with E-state index < -0.39 is 5.60 Å². The van der Waals surface area contributed by atoms with Gasteiger partial charge in [-0.15, -0.1) is 0 Å². The molecule has 0 amide bonds. The van der Waals surface area contributed by atoms with E-state index in [1.54, 1.807) is 6.92 Å². The summed E-state index contributed by atoms with van der Waals surface area (Å²) in [7, 11) is 3.96. The van der Waals surface area contributed by atoms with E-state index in [1.807, 2.05) is 19.0 Å². The zero-order chi connectivity index (χ0) is 8.20. The van der Waals surface area contributed by atoms with Crippen molar-refractivity contribution in [3.05, 3.63) is 0 Å². The van der Waals surface area contributed by atoms with Gasteiger partial charge in [-0.05, 0) is 27.4 Å². The summed E-state index contributed by atoms with van der Waals surface area (Å²) < 4.78 is 0. The average molecular weight is 146 g/mol. The fourth-order valence-electron chi connectivity index (χ4n) is 0.567. The Morgan fingerprint density at radius 3 is 2.30 bits per heavy atom. The zero-order valence-electron chi connectivity index (χ0n) is 7.09. The smallest absolute Gasteiger partial charge is 0.0753 e. The molecule has 0 aromatic heterocycles. The van der Waals surface area contributed by atoms with Crippen LogP contribution in [0.3, 0.4) is 0 Å². The van der Waals surface area contributed by atoms with Crippen molar-refractivity contribution in [2.24, 2.45) is 5.73 Å². The second-order valence-corrected chi connectivity index (χ2v) is 3.25. The van der Waals surface area contributed by atoms with Crippen molar-refractivity contribution in [3.8, 4) is 0 Å². The van der Waals surface area contributed by atoms with Gasteiger partial charge in [0.05, 0.1) is 5.60 Å². The van der Waals surface area contributed by atoms with E-state index in [9.17, 15) is 5.11 Å². The fraction of sp³-hybridized carbons (Fsp3) is 1.00. The molecule has 0 saturated heterocycles. The number of aliphatic hydroxyl groups is 1. The van der Waals surface area contributed by atoms with Crippen LogP contribution in [0.15, 0.2) is 0 Å². The Hall–Kier alpha value is -0.120. The Morgan fingerprint density at radius 2 is 2.00 bits per heavy atom. The largest absolute Gasteiger partial charge is 0.389 e. The molecule has 3 heteroatoms. The first kappa shape index (κ1) is 9.88. The Balaban J connectivity index is 3.46. The van der Waals surface area contributed by atoms with E-state index >= 15 is 0 Å². The van der Waals surface area contributed by atoms with Crippen LogP contribution in [0, 0.1) is 0 Å². The van der Waals surface area contributed by atoms with Crippen molar-refractivity contribution in [2.45, 2.75) is 18.9 Å². The van der Waals surface area contributed by atoms with Crippen molar-refractivity contribution in [3.63, 3.8) is 0 Å². The standard InChI is InChI=1S/C7H18N2O/c1-7(10,6-8)4-5-9(2)3/h10H,4-6,8H2,1-3H3/t7-/m0/s1. The van der Waals surface area contributed by atoms with Gasteiger partial charge in [0.15, 0.2) is 0 Å². The summed E-state index contributed by atoms with van der Waals surface area (Å²) in [6, 6.07) is 0. The number of nitrogens with zero attached hydrogens (tertiary/aromatic N) is 1. The number of rotatable bonds is 4. The van der Waals surface area contributed by atoms with Crippen molar-refractivity contribution in [2.75, 3.05) is 27.2 Å². The predicted molar refractivity (Wildman–Crippen MR) is 42.8 cm³/mol. The van der Waals surface area contributed by atoms with Crippen molar-refractivity contribution >= 4 is 0 Å². The molecule has 0 aromatic carbocycles. The SMILES string of the molecule is CN(C)CC[C@](C)(O)CN. The van der Waals surface area contributed by atoms with Gasteiger partial charge in [0.1, 0.15) is 0 Å². The van der Waals surface area contributed by atoms with Crippen molar-refractivity contribution in [1.29, 1.82) is 0 Å². The maximum atomic E-state index is 9.42. The Morgan fingerprint density at radius 1 is 1.50 bits per heavy atom. The lowest BCUT2D eigenvalue weighted by atomic mass is 10.0. The molecule has 0 unspecified atom stereocenters. The highest BCUT2D eigenvalue weighted by Gasteiger charge is 2.16. The minimum absolute atomic E-state index is 0.334. The maximum absolute atomic E-state index is 9.42. The van der Waals surface area contributed by atoms with E-state index in [0.717, 1.165) is 13.0 Å². The third kappa shape index (κ3) is 4.73. The van der Waals surface area contributed by atoms with Gasteiger partial charge in [0.2, 0.25) is 0 Å². The molecule has 1 atom stereocenters. The molecule has 10 heavy (non-hydrogen) atoms. The summed E-state index contributed by atoms with van der Waals surface area (Å²) in [5.41, 5.74) is 4.63. The van der Waals surface area contributed by atoms with Crippen LogP contribution in [-0.4, -0.2) is 42.8 Å². The molecular weight excluding hydrogens is 128 g/mol. The second kappa shape index (κ2) is 3.91. The van der Waals surface area contributed by atoms with Crippen LogP contribution in [0.1, 0.15) is 13.3 Å². The van der Waals surface area contributed by atoms with E-state index in [2.05, 4.69) is 0 Å². The highest BCUT2D eigenvalue weighted by atomic mass is 16.3. The van der Waals surface area contributed by atoms with Gasteiger partial charge < -0.3 is 15.7 Å². The van der Waals surface area contributed by atoms with Crippen LogP contribution < -0.4 is 5.73 Å². The topological polar surface area (TPSA) is 49.5 Å². The van der Waals surface area contributed by atoms with E-state index in [-0.39, 0.29) is 0 Å². The first-order valence-electron chi connectivity index (χ1n) is 3.55. The molecule has 0 spiro atoms. The Bertz CT molecular complexity index is 91.6. The Labute approximate surface area is 62.8 Å². The molecule has 0 aliphatic heterocycles. The number of hydrogen-bond donors (Lipinski definition) is 2. The van der Waals surface area contributed by atoms with Gasteiger partial charge >= 0.3 is 0 Å². The average Bonchev–Trinajstić information content (AvgIpc) is 1.85. The van der Waals surface area contributed by atoms with Crippen LogP contribution in [0.2, 0.25) is 0 Å². The molecule has 0 rings (SSSR count). The van der Waals surface area contributed by atoms with Crippen LogP contribution in [-0.2, 0) is 0 Å². The van der Waals surface area contributed by atoms with E-state index in [4.69, 9.17) is 5.73 Å². The van der Waals surface area contributed by atoms with Gasteiger partial charge in [-0.3, -0.25) is 0 Å². The monoisotopic (exact) mass is 146 g/mol. The lowest BCUT2D eigenvalue weighted by molar-refractivity contribution is 0.0526. The number of hydrogen-bond acceptors (Lipinski definition) is 3. The lowest BCUT2D eigenvalue weighted by Crippen LogP contribution is -2.37. The van der Waals surface area contributed by atoms with Gasteiger partial charge in [-0.1, -0.05) is 0 Å². The lowest BCUT2D eigenvalue weighted by Gasteiger charge is -2.22. The van der Waals surface area contributed by atoms with Gasteiger partial charge in [-0.25, -0.2) is 0 Å². The third-order valence-corrected chi connectivity index (χ3v) is 1.54. The molecule has 0 aliphatic rings.